The summed E-state index contributed by atoms with van der Waals surface area (Å²) in [4.78, 5) is 11.0. The summed E-state index contributed by atoms with van der Waals surface area (Å²) in [6.07, 6.45) is -0.400. The largest absolute Gasteiger partial charge is 0.453 e. The highest BCUT2D eigenvalue weighted by molar-refractivity contribution is 5.67. The Hall–Kier alpha value is -1.51. The van der Waals surface area contributed by atoms with Crippen LogP contribution in [0.15, 0.2) is 18.2 Å². The fourth-order valence-corrected chi connectivity index (χ4v) is 1.62. The molecule has 0 spiro atoms. The van der Waals surface area contributed by atoms with E-state index in [2.05, 4.69) is 23.0 Å². The van der Waals surface area contributed by atoms with Crippen molar-refractivity contribution in [1.82, 2.24) is 5.32 Å². The second-order valence-corrected chi connectivity index (χ2v) is 3.72. The molecule has 1 aromatic carbocycles. The Bertz CT molecular complexity index is 361. The van der Waals surface area contributed by atoms with Crippen LogP contribution in [-0.4, -0.2) is 13.2 Å². The molecule has 0 aliphatic carbocycles. The van der Waals surface area contributed by atoms with Crippen molar-refractivity contribution in [3.8, 4) is 0 Å². The highest BCUT2D eigenvalue weighted by atomic mass is 16.5. The number of carbonyl (C=O) groups is 1. The Morgan fingerprint density at radius 2 is 2.07 bits per heavy atom. The van der Waals surface area contributed by atoms with Gasteiger partial charge in [-0.3, -0.25) is 0 Å². The number of amides is 1. The Morgan fingerprint density at radius 3 is 2.60 bits per heavy atom. The van der Waals surface area contributed by atoms with Gasteiger partial charge in [-0.1, -0.05) is 23.8 Å². The molecule has 0 unspecified atom stereocenters. The van der Waals surface area contributed by atoms with Crippen LogP contribution in [0.1, 0.15) is 29.7 Å². The number of methoxy groups -OCH3 is 1. The summed E-state index contributed by atoms with van der Waals surface area (Å²) < 4.78 is 4.56. The zero-order chi connectivity index (χ0) is 11.4. The summed E-state index contributed by atoms with van der Waals surface area (Å²) in [5, 5.41) is 2.74. The first-order valence-corrected chi connectivity index (χ1v) is 4.96. The summed E-state index contributed by atoms with van der Waals surface area (Å²) in [6.45, 7) is 6.03. The first-order valence-electron chi connectivity index (χ1n) is 4.96. The van der Waals surface area contributed by atoms with Gasteiger partial charge in [-0.25, -0.2) is 4.79 Å². The standard InChI is InChI=1S/C12H17NO2/c1-8-5-6-11(9(2)7-8)10(3)13-12(14)15-4/h5-7,10H,1-4H3,(H,13,14)/t10-/m0/s1. The highest BCUT2D eigenvalue weighted by Crippen LogP contribution is 2.18. The molecule has 0 saturated heterocycles. The fourth-order valence-electron chi connectivity index (χ4n) is 1.62. The second kappa shape index (κ2) is 4.82. The zero-order valence-corrected chi connectivity index (χ0v) is 9.63. The molecule has 0 bridgehead atoms. The molecule has 1 atom stereocenters. The van der Waals surface area contributed by atoms with Crippen LogP contribution in [0, 0.1) is 13.8 Å². The summed E-state index contributed by atoms with van der Waals surface area (Å²) in [5.41, 5.74) is 3.52. The van der Waals surface area contributed by atoms with Crippen LogP contribution >= 0.6 is 0 Å². The molecule has 15 heavy (non-hydrogen) atoms. The van der Waals surface area contributed by atoms with Crippen molar-refractivity contribution in [2.75, 3.05) is 7.11 Å². The predicted octanol–water partition coefficient (Wildman–Crippen LogP) is 2.72. The Balaban J connectivity index is 2.82. The normalized spacial score (nSPS) is 12.0. The van der Waals surface area contributed by atoms with Gasteiger partial charge in [-0.2, -0.15) is 0 Å². The van der Waals surface area contributed by atoms with E-state index in [1.807, 2.05) is 26.0 Å². The first kappa shape index (κ1) is 11.6. The van der Waals surface area contributed by atoms with Gasteiger partial charge in [0.15, 0.2) is 0 Å². The molecule has 3 heteroatoms. The minimum atomic E-state index is -0.400. The van der Waals surface area contributed by atoms with E-state index >= 15 is 0 Å². The van der Waals surface area contributed by atoms with Crippen LogP contribution in [0.25, 0.3) is 0 Å². The zero-order valence-electron chi connectivity index (χ0n) is 9.63. The highest BCUT2D eigenvalue weighted by Gasteiger charge is 2.11. The summed E-state index contributed by atoms with van der Waals surface area (Å²) in [7, 11) is 1.37. The number of hydrogen-bond donors (Lipinski definition) is 1. The second-order valence-electron chi connectivity index (χ2n) is 3.72. The number of ether oxygens (including phenoxy) is 1. The Kier molecular flexibility index (Phi) is 3.72. The average molecular weight is 207 g/mol. The average Bonchev–Trinajstić information content (AvgIpc) is 2.17. The fraction of sp³-hybridized carbons (Fsp3) is 0.417. The van der Waals surface area contributed by atoms with Gasteiger partial charge < -0.3 is 10.1 Å². The van der Waals surface area contributed by atoms with Crippen LogP contribution in [0.5, 0.6) is 0 Å². The minimum Gasteiger partial charge on any atom is -0.453 e. The van der Waals surface area contributed by atoms with Gasteiger partial charge in [0.05, 0.1) is 13.2 Å². The van der Waals surface area contributed by atoms with E-state index in [4.69, 9.17) is 0 Å². The number of nitrogens with one attached hydrogen (secondary N) is 1. The molecule has 1 aromatic rings. The topological polar surface area (TPSA) is 38.3 Å². The van der Waals surface area contributed by atoms with Crippen LogP contribution in [0.3, 0.4) is 0 Å². The molecule has 0 fully saturated rings. The van der Waals surface area contributed by atoms with Crippen molar-refractivity contribution < 1.29 is 9.53 Å². The van der Waals surface area contributed by atoms with Crippen molar-refractivity contribution in [1.29, 1.82) is 0 Å². The van der Waals surface area contributed by atoms with Crippen molar-refractivity contribution in [3.05, 3.63) is 34.9 Å². The van der Waals surface area contributed by atoms with E-state index in [-0.39, 0.29) is 6.04 Å². The van der Waals surface area contributed by atoms with Crippen LogP contribution in [0.2, 0.25) is 0 Å². The number of hydrogen-bond acceptors (Lipinski definition) is 2. The third-order valence-electron chi connectivity index (χ3n) is 2.41. The Labute approximate surface area is 90.4 Å². The van der Waals surface area contributed by atoms with Crippen LogP contribution in [-0.2, 0) is 4.74 Å². The predicted molar refractivity (Wildman–Crippen MR) is 59.9 cm³/mol. The van der Waals surface area contributed by atoms with Gasteiger partial charge in [0.1, 0.15) is 0 Å². The van der Waals surface area contributed by atoms with Crippen molar-refractivity contribution >= 4 is 6.09 Å². The van der Waals surface area contributed by atoms with E-state index in [0.717, 1.165) is 5.56 Å². The molecule has 82 valence electrons. The maximum Gasteiger partial charge on any atom is 0.407 e. The summed E-state index contributed by atoms with van der Waals surface area (Å²) in [6, 6.07) is 6.14. The number of benzene rings is 1. The van der Waals surface area contributed by atoms with E-state index in [0.29, 0.717) is 0 Å². The number of aryl methyl sites for hydroxylation is 2. The van der Waals surface area contributed by atoms with E-state index in [1.165, 1.54) is 18.2 Å². The quantitative estimate of drug-likeness (QED) is 0.809. The smallest absolute Gasteiger partial charge is 0.407 e. The van der Waals surface area contributed by atoms with Gasteiger partial charge in [0, 0.05) is 0 Å². The van der Waals surface area contributed by atoms with E-state index < -0.39 is 6.09 Å². The molecule has 1 rings (SSSR count). The van der Waals surface area contributed by atoms with Gasteiger partial charge in [0.25, 0.3) is 0 Å². The van der Waals surface area contributed by atoms with Crippen molar-refractivity contribution in [2.24, 2.45) is 0 Å². The lowest BCUT2D eigenvalue weighted by molar-refractivity contribution is 0.167. The molecule has 0 radical (unpaired) electrons. The molecule has 3 nitrogen and oxygen atoms in total. The molecule has 0 aliphatic rings. The molecule has 0 aliphatic heterocycles. The molecule has 1 amide bonds. The van der Waals surface area contributed by atoms with Crippen molar-refractivity contribution in [2.45, 2.75) is 26.8 Å². The molecular weight excluding hydrogens is 190 g/mol. The molecule has 0 aromatic heterocycles. The number of rotatable bonds is 2. The van der Waals surface area contributed by atoms with Crippen LogP contribution < -0.4 is 5.32 Å². The first-order chi connectivity index (χ1) is 7.04. The van der Waals surface area contributed by atoms with Gasteiger partial charge in [-0.15, -0.1) is 0 Å². The maximum atomic E-state index is 11.0. The minimum absolute atomic E-state index is 0.0296. The van der Waals surface area contributed by atoms with Gasteiger partial charge >= 0.3 is 6.09 Å². The third kappa shape index (κ3) is 2.98. The number of carbonyl (C=O) groups excluding carboxylic acids is 1. The van der Waals surface area contributed by atoms with Gasteiger partial charge in [0.2, 0.25) is 0 Å². The van der Waals surface area contributed by atoms with Crippen molar-refractivity contribution in [3.63, 3.8) is 0 Å². The Morgan fingerprint density at radius 1 is 1.40 bits per heavy atom. The number of alkyl carbamates (subject to hydrolysis) is 1. The van der Waals surface area contributed by atoms with Crippen LogP contribution in [0.4, 0.5) is 4.79 Å². The molecule has 0 heterocycles. The molecular formula is C12H17NO2. The summed E-state index contributed by atoms with van der Waals surface area (Å²) in [5.74, 6) is 0. The van der Waals surface area contributed by atoms with E-state index in [9.17, 15) is 4.79 Å². The van der Waals surface area contributed by atoms with Gasteiger partial charge in [-0.05, 0) is 31.9 Å². The lowest BCUT2D eigenvalue weighted by atomic mass is 10.0. The SMILES string of the molecule is COC(=O)N[C@@H](C)c1ccc(C)cc1C. The molecule has 1 N–H and O–H groups in total. The lowest BCUT2D eigenvalue weighted by Gasteiger charge is -2.16. The summed E-state index contributed by atoms with van der Waals surface area (Å²) >= 11 is 0. The third-order valence-corrected chi connectivity index (χ3v) is 2.41. The maximum absolute atomic E-state index is 11.0. The monoisotopic (exact) mass is 207 g/mol. The lowest BCUT2D eigenvalue weighted by Crippen LogP contribution is -2.26. The molecule has 0 saturated carbocycles. The van der Waals surface area contributed by atoms with E-state index in [1.54, 1.807) is 0 Å².